The van der Waals surface area contributed by atoms with E-state index in [1.165, 1.54) is 142 Å². The summed E-state index contributed by atoms with van der Waals surface area (Å²) in [7, 11) is -1.24. The van der Waals surface area contributed by atoms with Gasteiger partial charge in [0, 0.05) is 36.1 Å². The number of aryl methyl sites for hydroxylation is 2. The summed E-state index contributed by atoms with van der Waals surface area (Å²) in [5.41, 5.74) is 13.3. The van der Waals surface area contributed by atoms with Gasteiger partial charge in [0.15, 0.2) is 0 Å². The molecule has 3 heterocycles. The molecular formula is C43H51BFN2PS3. The van der Waals surface area contributed by atoms with Gasteiger partial charge in [-0.1, -0.05) is 126 Å². The van der Waals surface area contributed by atoms with Crippen LogP contribution >= 0.6 is 43.0 Å². The predicted molar refractivity (Wildman–Crippen MR) is 230 cm³/mol. The van der Waals surface area contributed by atoms with Crippen molar-refractivity contribution in [2.45, 2.75) is 110 Å². The molecule has 2 radical (unpaired) electrons. The van der Waals surface area contributed by atoms with Crippen LogP contribution in [0.4, 0.5) is 4.20 Å². The summed E-state index contributed by atoms with van der Waals surface area (Å²) >= 11 is 5.03. The van der Waals surface area contributed by atoms with Gasteiger partial charge in [-0.05, 0) is 84.8 Å². The predicted octanol–water partition coefficient (Wildman–Crippen LogP) is 14.5. The Labute approximate surface area is 323 Å². The molecule has 1 aliphatic rings. The molecule has 0 saturated carbocycles. The first-order valence-corrected chi connectivity index (χ1v) is 21.9. The number of thiophene rings is 2. The van der Waals surface area contributed by atoms with E-state index in [1.807, 2.05) is 22.7 Å². The van der Waals surface area contributed by atoms with Crippen LogP contribution < -0.4 is 0 Å². The fourth-order valence-electron chi connectivity index (χ4n) is 7.97. The Morgan fingerprint density at radius 3 is 1.82 bits per heavy atom. The molecule has 0 N–H and O–H groups in total. The number of halogens is 1. The molecule has 51 heavy (non-hydrogen) atoms. The third-order valence-electron chi connectivity index (χ3n) is 10.5. The number of rotatable bonds is 15. The van der Waals surface area contributed by atoms with Crippen molar-refractivity contribution in [3.63, 3.8) is 0 Å². The van der Waals surface area contributed by atoms with Gasteiger partial charge in [0.05, 0.1) is 11.7 Å². The first kappa shape index (κ1) is 34.1. The molecule has 3 aromatic carbocycles. The number of benzene rings is 3. The second-order valence-electron chi connectivity index (χ2n) is 14.0. The minimum absolute atomic E-state index is 0.0969. The first-order valence-electron chi connectivity index (χ1n) is 20.0. The third kappa shape index (κ3) is 8.28. The average Bonchev–Trinajstić information content (AvgIpc) is 3.94. The summed E-state index contributed by atoms with van der Waals surface area (Å²) in [6.45, 7) is 9.08. The summed E-state index contributed by atoms with van der Waals surface area (Å²) in [4.78, 5) is 5.16. The van der Waals surface area contributed by atoms with Crippen molar-refractivity contribution in [2.75, 3.05) is 0 Å². The average molecular weight is 758 g/mol. The van der Waals surface area contributed by atoms with Crippen LogP contribution in [0.25, 0.3) is 53.5 Å². The first-order chi connectivity index (χ1) is 25.8. The maximum absolute atomic E-state index is 11.3. The van der Waals surface area contributed by atoms with E-state index in [1.54, 1.807) is 11.1 Å². The van der Waals surface area contributed by atoms with Crippen molar-refractivity contribution < 1.29 is 4.20 Å². The van der Waals surface area contributed by atoms with Crippen LogP contribution in [-0.2, 0) is 5.41 Å². The van der Waals surface area contributed by atoms with Crippen molar-refractivity contribution >= 4 is 61.6 Å². The zero-order valence-electron chi connectivity index (χ0n) is 33.4. The van der Waals surface area contributed by atoms with Crippen LogP contribution in [-0.4, -0.2) is 20.1 Å². The van der Waals surface area contributed by atoms with Crippen LogP contribution in [0.1, 0.15) is 112 Å². The van der Waals surface area contributed by atoms with Gasteiger partial charge >= 0.3 is 24.2 Å². The minimum atomic E-state index is -5.30. The van der Waals surface area contributed by atoms with Crippen molar-refractivity contribution in [3.05, 3.63) is 94.4 Å². The van der Waals surface area contributed by atoms with Crippen LogP contribution in [0, 0.1) is 13.8 Å². The normalized spacial score (nSPS) is 16.7. The Bertz CT molecular complexity index is 2190. The summed E-state index contributed by atoms with van der Waals surface area (Å²) in [6, 6.07) is 28.2. The number of aromatic nitrogens is 2. The van der Waals surface area contributed by atoms with Gasteiger partial charge in [-0.3, -0.25) is 0 Å². The fraction of sp³-hybridized carbons (Fsp3) is 0.395. The van der Waals surface area contributed by atoms with Crippen molar-refractivity contribution in [2.24, 2.45) is 0 Å². The van der Waals surface area contributed by atoms with E-state index in [2.05, 4.69) is 108 Å². The molecule has 1 aliphatic carbocycles. The Balaban J connectivity index is 0.000000767. The summed E-state index contributed by atoms with van der Waals surface area (Å²) in [5.74, 6) is 0. The molecule has 6 aromatic rings. The van der Waals surface area contributed by atoms with Crippen LogP contribution in [0.2, 0.25) is 0 Å². The van der Waals surface area contributed by atoms with E-state index in [4.69, 9.17) is 12.6 Å². The molecule has 0 amide bonds. The Morgan fingerprint density at radius 1 is 0.686 bits per heavy atom. The molecule has 0 spiro atoms. The number of hydrogen-bond donors (Lipinski definition) is 0. The summed E-state index contributed by atoms with van der Waals surface area (Å²) in [6.07, 6.45) is 15.8. The van der Waals surface area contributed by atoms with Gasteiger partial charge in [0.25, 0.3) is 0 Å². The molecule has 0 aliphatic heterocycles. The van der Waals surface area contributed by atoms with Gasteiger partial charge < -0.3 is 0 Å². The Morgan fingerprint density at radius 2 is 1.20 bits per heavy atom. The SMILES string of the molecule is CCCCCCCCC1(CCCCCC)c2cc(C)ccc2-c2ccc(-c3ccc(-c4ccc(-c5ccc(C)s5)c5nsnc45)s3)cc21.[2H]P([3H])([3H])([B])F. The molecular weight excluding hydrogens is 701 g/mol. The molecule has 0 fully saturated rings. The molecule has 0 saturated heterocycles. The monoisotopic (exact) mass is 757 g/mol. The van der Waals surface area contributed by atoms with E-state index in [0.29, 0.717) is 0 Å². The summed E-state index contributed by atoms with van der Waals surface area (Å²) < 4.78 is 38.4. The molecule has 7 rings (SSSR count). The topological polar surface area (TPSA) is 25.8 Å². The zero-order valence-corrected chi connectivity index (χ0v) is 33.8. The van der Waals surface area contributed by atoms with Gasteiger partial charge in [-0.2, -0.15) is 8.75 Å². The third-order valence-corrected chi connectivity index (χ3v) is 13.2. The van der Waals surface area contributed by atoms with E-state index < -0.39 is 8.61 Å². The molecule has 8 heteroatoms. The second kappa shape index (κ2) is 17.9. The molecule has 1 unspecified atom stereocenters. The van der Waals surface area contributed by atoms with Gasteiger partial charge in [-0.25, -0.2) is 0 Å². The second-order valence-corrected chi connectivity index (χ2v) is 17.1. The number of unbranched alkanes of at least 4 members (excludes halogenated alkanes) is 8. The Hall–Kier alpha value is -2.70. The molecule has 2 nitrogen and oxygen atoms in total. The van der Waals surface area contributed by atoms with Gasteiger partial charge in [0.2, 0.25) is 0 Å². The van der Waals surface area contributed by atoms with E-state index in [-0.39, 0.29) is 5.41 Å². The van der Waals surface area contributed by atoms with Crippen molar-refractivity contribution in [3.8, 4) is 42.4 Å². The molecule has 266 valence electrons. The van der Waals surface area contributed by atoms with Crippen molar-refractivity contribution in [1.82, 2.24) is 8.75 Å². The summed E-state index contributed by atoms with van der Waals surface area (Å²) in [5, 5.41) is 0. The number of nitrogens with zero attached hydrogens (tertiary/aromatic N) is 2. The fourth-order valence-corrected chi connectivity index (χ4v) is 10.5. The standard InChI is InChI=1S/C43H48N2S3.BFH3P/c1-5-7-9-11-12-14-26-43(25-13-10-8-6-2)36-27-29(3)15-18-32(36)33-19-17-31(28-37(33)43)38-23-24-40(47-38)35-21-20-34(39-22-16-30(4)46-39)41-42(35)45-48-44-41;1-3-2/h15-24,27-28H,5-14,25-26H2,1-4H3;3H3/i;3T2D. The molecule has 3 aromatic heterocycles. The van der Waals surface area contributed by atoms with Crippen LogP contribution in [0.3, 0.4) is 0 Å². The van der Waals surface area contributed by atoms with E-state index >= 15 is 0 Å². The Kier molecular flexibility index (Phi) is 12.0. The number of hydrogen-bond acceptors (Lipinski definition) is 5. The van der Waals surface area contributed by atoms with Crippen LogP contribution in [0.15, 0.2) is 72.8 Å². The quantitative estimate of drug-likeness (QED) is 0.0592. The van der Waals surface area contributed by atoms with E-state index in [9.17, 15) is 4.20 Å². The zero-order chi connectivity index (χ0) is 38.5. The molecule has 1 atom stereocenters. The maximum atomic E-state index is 11.3. The van der Waals surface area contributed by atoms with Crippen molar-refractivity contribution in [1.29, 1.82) is 3.84 Å². The molecule has 0 bridgehead atoms. The van der Waals surface area contributed by atoms with Gasteiger partial charge in [0.1, 0.15) is 11.0 Å². The van der Waals surface area contributed by atoms with E-state index in [0.717, 1.165) is 11.0 Å². The van der Waals surface area contributed by atoms with Crippen LogP contribution in [0.5, 0.6) is 0 Å². The number of fused-ring (bicyclic) bond motifs is 4. The van der Waals surface area contributed by atoms with Gasteiger partial charge in [-0.15, -0.1) is 22.7 Å².